The number of hydrogen-bond acceptors (Lipinski definition) is 6. The molecular formula is C29H28FN3O5. The molecule has 0 unspecified atom stereocenters. The Kier molecular flexibility index (Phi) is 7.09. The van der Waals surface area contributed by atoms with E-state index in [1.807, 2.05) is 19.1 Å². The Morgan fingerprint density at radius 1 is 1.16 bits per heavy atom. The zero-order chi connectivity index (χ0) is 26.8. The Balaban J connectivity index is 1.34. The predicted molar refractivity (Wildman–Crippen MR) is 139 cm³/mol. The third-order valence-corrected chi connectivity index (χ3v) is 7.04. The quantitative estimate of drug-likeness (QED) is 0.291. The van der Waals surface area contributed by atoms with Crippen LogP contribution in [0.1, 0.15) is 24.5 Å². The number of carbonyl (C=O) groups excluding carboxylic acids is 3. The van der Waals surface area contributed by atoms with Crippen molar-refractivity contribution in [1.29, 1.82) is 0 Å². The molecule has 0 radical (unpaired) electrons. The number of anilines is 1. The fraction of sp³-hybridized carbons (Fsp3) is 0.310. The number of nitrogens with zero attached hydrogens (tertiary/aromatic N) is 2. The first-order chi connectivity index (χ1) is 18.4. The second-order valence-corrected chi connectivity index (χ2v) is 9.51. The molecule has 38 heavy (non-hydrogen) atoms. The number of amides is 3. The fourth-order valence-corrected chi connectivity index (χ4v) is 5.52. The molecule has 196 valence electrons. The Hall–Kier alpha value is -4.27. The minimum absolute atomic E-state index is 0.111. The molecular weight excluding hydrogens is 489 g/mol. The lowest BCUT2D eigenvalue weighted by atomic mass is 9.85. The fourth-order valence-electron chi connectivity index (χ4n) is 5.52. The maximum Gasteiger partial charge on any atom is 0.262 e. The van der Waals surface area contributed by atoms with Crippen LogP contribution < -0.4 is 14.8 Å². The van der Waals surface area contributed by atoms with Gasteiger partial charge in [0, 0.05) is 11.3 Å². The van der Waals surface area contributed by atoms with Crippen LogP contribution in [-0.2, 0) is 20.8 Å². The molecule has 3 aliphatic rings. The zero-order valence-corrected chi connectivity index (χ0v) is 20.9. The van der Waals surface area contributed by atoms with Crippen molar-refractivity contribution in [3.8, 4) is 11.5 Å². The number of rotatable bonds is 10. The van der Waals surface area contributed by atoms with E-state index in [-0.39, 0.29) is 42.1 Å². The number of hydrazone groups is 1. The molecule has 1 saturated carbocycles. The van der Waals surface area contributed by atoms with Crippen molar-refractivity contribution in [1.82, 2.24) is 5.01 Å². The molecule has 1 N–H and O–H groups in total. The van der Waals surface area contributed by atoms with E-state index in [1.54, 1.807) is 24.3 Å². The molecule has 0 spiro atoms. The summed E-state index contributed by atoms with van der Waals surface area (Å²) in [6.07, 6.45) is 8.48. The molecule has 4 atom stereocenters. The van der Waals surface area contributed by atoms with Crippen molar-refractivity contribution < 1.29 is 28.2 Å². The molecule has 1 aliphatic heterocycles. The molecule has 2 fully saturated rings. The molecule has 8 nitrogen and oxygen atoms in total. The van der Waals surface area contributed by atoms with E-state index in [2.05, 4.69) is 17.0 Å². The first-order valence-corrected chi connectivity index (χ1v) is 12.6. The number of hydrogen-bond donors (Lipinski definition) is 1. The maximum absolute atomic E-state index is 13.4. The van der Waals surface area contributed by atoms with Crippen LogP contribution in [0.15, 0.2) is 66.3 Å². The Morgan fingerprint density at radius 3 is 2.55 bits per heavy atom. The molecule has 9 heteroatoms. The smallest absolute Gasteiger partial charge is 0.262 e. The number of imide groups is 1. The first kappa shape index (κ1) is 25.4. The second kappa shape index (κ2) is 10.6. The van der Waals surface area contributed by atoms with Gasteiger partial charge in [0.1, 0.15) is 5.82 Å². The number of fused-ring (bicyclic) bond motifs is 5. The summed E-state index contributed by atoms with van der Waals surface area (Å²) in [7, 11) is 0. The number of allylic oxidation sites excluding steroid dienone is 3. The number of halogens is 1. The lowest BCUT2D eigenvalue weighted by Gasteiger charge is -2.17. The Bertz CT molecular complexity index is 1320. The minimum atomic E-state index is -0.465. The van der Waals surface area contributed by atoms with Crippen LogP contribution in [0.3, 0.4) is 0 Å². The van der Waals surface area contributed by atoms with E-state index in [9.17, 15) is 18.8 Å². The third-order valence-electron chi connectivity index (χ3n) is 7.04. The van der Waals surface area contributed by atoms with Crippen LogP contribution >= 0.6 is 0 Å². The van der Waals surface area contributed by atoms with Gasteiger partial charge in [0.15, 0.2) is 18.1 Å². The normalized spacial score (nSPS) is 23.3. The molecule has 0 aromatic heterocycles. The molecule has 2 aliphatic carbocycles. The summed E-state index contributed by atoms with van der Waals surface area (Å²) in [5.41, 5.74) is 1.60. The Morgan fingerprint density at radius 2 is 1.89 bits per heavy atom. The highest BCUT2D eigenvalue weighted by atomic mass is 19.1. The van der Waals surface area contributed by atoms with E-state index in [4.69, 9.17) is 9.47 Å². The SMILES string of the molecule is C=CCc1cc(C=NN2C(=O)[C@@H]3[C@H](C2=O)[C@H]2C=C[C@H]3C2)cc(OCC)c1OCC(=O)Nc1cccc(F)c1. The van der Waals surface area contributed by atoms with Gasteiger partial charge in [-0.1, -0.05) is 24.3 Å². The van der Waals surface area contributed by atoms with Crippen LogP contribution in [-0.4, -0.2) is 42.2 Å². The van der Waals surface area contributed by atoms with Gasteiger partial charge in [0.25, 0.3) is 17.7 Å². The first-order valence-electron chi connectivity index (χ1n) is 12.6. The van der Waals surface area contributed by atoms with Crippen LogP contribution in [0.2, 0.25) is 0 Å². The minimum Gasteiger partial charge on any atom is -0.490 e. The molecule has 2 bridgehead atoms. The van der Waals surface area contributed by atoms with Gasteiger partial charge < -0.3 is 14.8 Å². The summed E-state index contributed by atoms with van der Waals surface area (Å²) in [5, 5.41) is 7.85. The standard InChI is InChI=1S/C29H28FN3O5/c1-3-6-20-11-17(15-31-33-28(35)25-18-9-10-19(13-18)26(25)29(33)36)12-23(37-4-2)27(20)38-16-24(34)32-22-8-5-7-21(30)14-22/h3,5,7-12,14-15,18-19,25-26H,1,4,6,13,16H2,2H3,(H,32,34)/t18-,19-,25-,26+/m0/s1. The zero-order valence-electron chi connectivity index (χ0n) is 20.9. The van der Waals surface area contributed by atoms with E-state index < -0.39 is 11.7 Å². The van der Waals surface area contributed by atoms with Crippen LogP contribution in [0.25, 0.3) is 0 Å². The van der Waals surface area contributed by atoms with Gasteiger partial charge >= 0.3 is 0 Å². The van der Waals surface area contributed by atoms with E-state index in [0.29, 0.717) is 41.3 Å². The van der Waals surface area contributed by atoms with Crippen molar-refractivity contribution in [2.75, 3.05) is 18.5 Å². The summed E-state index contributed by atoms with van der Waals surface area (Å²) in [6.45, 7) is 5.62. The molecule has 1 heterocycles. The highest BCUT2D eigenvalue weighted by Gasteiger charge is 2.59. The van der Waals surface area contributed by atoms with Crippen LogP contribution in [0.4, 0.5) is 10.1 Å². The average Bonchev–Trinajstić information content (AvgIpc) is 3.57. The molecule has 1 saturated heterocycles. The molecule has 2 aromatic rings. The van der Waals surface area contributed by atoms with Crippen molar-refractivity contribution in [2.24, 2.45) is 28.8 Å². The van der Waals surface area contributed by atoms with Gasteiger partial charge in [-0.25, -0.2) is 4.39 Å². The summed E-state index contributed by atoms with van der Waals surface area (Å²) in [6, 6.07) is 9.04. The van der Waals surface area contributed by atoms with Gasteiger partial charge in [-0.3, -0.25) is 14.4 Å². The van der Waals surface area contributed by atoms with Crippen molar-refractivity contribution in [2.45, 2.75) is 19.8 Å². The summed E-state index contributed by atoms with van der Waals surface area (Å²) in [5.74, 6) is -1.11. The summed E-state index contributed by atoms with van der Waals surface area (Å²) >= 11 is 0. The topological polar surface area (TPSA) is 97.3 Å². The molecule has 2 aromatic carbocycles. The number of nitrogens with one attached hydrogen (secondary N) is 1. The number of carbonyl (C=O) groups is 3. The third kappa shape index (κ3) is 4.83. The number of ether oxygens (including phenoxy) is 2. The van der Waals surface area contributed by atoms with Crippen LogP contribution in [0, 0.1) is 29.5 Å². The lowest BCUT2D eigenvalue weighted by Crippen LogP contribution is -2.28. The highest BCUT2D eigenvalue weighted by Crippen LogP contribution is 2.52. The molecule has 3 amide bonds. The lowest BCUT2D eigenvalue weighted by molar-refractivity contribution is -0.140. The van der Waals surface area contributed by atoms with Gasteiger partial charge in [0.05, 0.1) is 24.7 Å². The molecule has 5 rings (SSSR count). The largest absolute Gasteiger partial charge is 0.490 e. The van der Waals surface area contributed by atoms with Crippen molar-refractivity contribution in [3.63, 3.8) is 0 Å². The predicted octanol–water partition coefficient (Wildman–Crippen LogP) is 4.11. The number of benzene rings is 2. The summed E-state index contributed by atoms with van der Waals surface area (Å²) in [4.78, 5) is 38.3. The average molecular weight is 518 g/mol. The van der Waals surface area contributed by atoms with E-state index >= 15 is 0 Å². The van der Waals surface area contributed by atoms with Gasteiger partial charge in [-0.2, -0.15) is 10.1 Å². The summed E-state index contributed by atoms with van der Waals surface area (Å²) < 4.78 is 25.0. The maximum atomic E-state index is 13.4. The van der Waals surface area contributed by atoms with E-state index in [1.165, 1.54) is 24.4 Å². The van der Waals surface area contributed by atoms with E-state index in [0.717, 1.165) is 11.4 Å². The van der Waals surface area contributed by atoms with Gasteiger partial charge in [0.2, 0.25) is 0 Å². The van der Waals surface area contributed by atoms with Crippen molar-refractivity contribution >= 4 is 29.6 Å². The van der Waals surface area contributed by atoms with Gasteiger partial charge in [-0.05, 0) is 67.5 Å². The highest BCUT2D eigenvalue weighted by molar-refractivity contribution is 6.06. The Labute approximate surface area is 219 Å². The van der Waals surface area contributed by atoms with Gasteiger partial charge in [-0.15, -0.1) is 6.58 Å². The monoisotopic (exact) mass is 517 g/mol. The van der Waals surface area contributed by atoms with Crippen LogP contribution in [0.5, 0.6) is 11.5 Å². The van der Waals surface area contributed by atoms with Crippen molar-refractivity contribution in [3.05, 3.63) is 78.1 Å². The second-order valence-electron chi connectivity index (χ2n) is 9.51.